The maximum Gasteiger partial charge on any atom is 0.317 e. The Labute approximate surface area is 142 Å². The lowest BCUT2D eigenvalue weighted by Crippen LogP contribution is -2.40. The van der Waals surface area contributed by atoms with Gasteiger partial charge in [-0.25, -0.2) is 0 Å². The fourth-order valence-corrected chi connectivity index (χ4v) is 2.46. The van der Waals surface area contributed by atoms with Gasteiger partial charge in [0, 0.05) is 0 Å². The fraction of sp³-hybridized carbons (Fsp3) is 0.167. The number of hydrogen-bond acceptors (Lipinski definition) is 4. The van der Waals surface area contributed by atoms with Crippen LogP contribution in [-0.2, 0) is 11.3 Å². The second-order valence-corrected chi connectivity index (χ2v) is 5.37. The van der Waals surface area contributed by atoms with Crippen molar-refractivity contribution in [2.45, 2.75) is 6.54 Å². The van der Waals surface area contributed by atoms with Crippen molar-refractivity contribution in [3.63, 3.8) is 0 Å². The van der Waals surface area contributed by atoms with Crippen molar-refractivity contribution in [3.05, 3.63) is 75.3 Å². The molecule has 0 atom stereocenters. The minimum atomic E-state index is -0.755. The SMILES string of the molecule is O=C(Cn1c(=O)c(=O)[nH]c2ccccc21)NCCOc1ccccc1. The standard InChI is InChI=1S/C18H17N3O4/c22-16(19-10-11-25-13-6-2-1-3-7-13)12-21-15-9-5-4-8-14(15)20-17(23)18(21)24/h1-9H,10-12H2,(H,19,22)(H,20,23). The van der Waals surface area contributed by atoms with Gasteiger partial charge in [0.1, 0.15) is 18.9 Å². The molecule has 0 spiro atoms. The van der Waals surface area contributed by atoms with Gasteiger partial charge in [-0.3, -0.25) is 19.0 Å². The third kappa shape index (κ3) is 3.95. The molecule has 0 bridgehead atoms. The maximum absolute atomic E-state index is 12.1. The summed E-state index contributed by atoms with van der Waals surface area (Å²) in [4.78, 5) is 38.4. The molecule has 3 rings (SSSR count). The van der Waals surface area contributed by atoms with Crippen molar-refractivity contribution < 1.29 is 9.53 Å². The molecule has 128 valence electrons. The molecule has 0 aliphatic heterocycles. The summed E-state index contributed by atoms with van der Waals surface area (Å²) in [5.74, 6) is 0.350. The van der Waals surface area contributed by atoms with E-state index in [0.717, 1.165) is 0 Å². The molecule has 7 nitrogen and oxygen atoms in total. The number of hydrogen-bond donors (Lipinski definition) is 2. The van der Waals surface area contributed by atoms with Gasteiger partial charge in [-0.05, 0) is 24.3 Å². The molecule has 0 aliphatic carbocycles. The molecule has 25 heavy (non-hydrogen) atoms. The van der Waals surface area contributed by atoms with Crippen LogP contribution in [0.2, 0.25) is 0 Å². The Hall–Kier alpha value is -3.35. The molecule has 1 aromatic heterocycles. The van der Waals surface area contributed by atoms with Crippen LogP contribution in [-0.4, -0.2) is 28.6 Å². The van der Waals surface area contributed by atoms with Crippen molar-refractivity contribution >= 4 is 16.9 Å². The number of carbonyl (C=O) groups is 1. The van der Waals surface area contributed by atoms with E-state index in [4.69, 9.17) is 4.74 Å². The second kappa shape index (κ2) is 7.48. The summed E-state index contributed by atoms with van der Waals surface area (Å²) in [6.07, 6.45) is 0. The number of aromatic amines is 1. The molecule has 0 unspecified atom stereocenters. The van der Waals surface area contributed by atoms with E-state index < -0.39 is 11.1 Å². The third-order valence-electron chi connectivity index (χ3n) is 3.62. The van der Waals surface area contributed by atoms with Crippen molar-refractivity contribution in [1.29, 1.82) is 0 Å². The Balaban J connectivity index is 1.63. The van der Waals surface area contributed by atoms with Crippen LogP contribution in [0.1, 0.15) is 0 Å². The number of nitrogens with one attached hydrogen (secondary N) is 2. The van der Waals surface area contributed by atoms with Crippen LogP contribution >= 0.6 is 0 Å². The number of carbonyl (C=O) groups excluding carboxylic acids is 1. The zero-order valence-corrected chi connectivity index (χ0v) is 13.4. The normalized spacial score (nSPS) is 10.6. The molecule has 1 amide bonds. The van der Waals surface area contributed by atoms with Crippen molar-refractivity contribution in [2.24, 2.45) is 0 Å². The summed E-state index contributed by atoms with van der Waals surface area (Å²) >= 11 is 0. The highest BCUT2D eigenvalue weighted by Crippen LogP contribution is 2.08. The average Bonchev–Trinajstić information content (AvgIpc) is 2.63. The van der Waals surface area contributed by atoms with Crippen molar-refractivity contribution in [2.75, 3.05) is 13.2 Å². The number of para-hydroxylation sites is 3. The number of nitrogens with zero attached hydrogens (tertiary/aromatic N) is 1. The van der Waals surface area contributed by atoms with Crippen LogP contribution in [0.25, 0.3) is 11.0 Å². The highest BCUT2D eigenvalue weighted by molar-refractivity contribution is 5.79. The minimum Gasteiger partial charge on any atom is -0.492 e. The summed E-state index contributed by atoms with van der Waals surface area (Å²) in [5, 5.41) is 2.68. The van der Waals surface area contributed by atoms with Gasteiger partial charge in [-0.15, -0.1) is 0 Å². The van der Waals surface area contributed by atoms with Gasteiger partial charge in [-0.2, -0.15) is 0 Å². The molecular formula is C18H17N3O4. The molecule has 1 heterocycles. The highest BCUT2D eigenvalue weighted by Gasteiger charge is 2.10. The lowest BCUT2D eigenvalue weighted by molar-refractivity contribution is -0.121. The molecule has 0 saturated carbocycles. The Morgan fingerprint density at radius 3 is 2.56 bits per heavy atom. The predicted octanol–water partition coefficient (Wildman–Crippen LogP) is 0.885. The van der Waals surface area contributed by atoms with E-state index in [9.17, 15) is 14.4 Å². The maximum atomic E-state index is 12.1. The van der Waals surface area contributed by atoms with Crippen molar-refractivity contribution in [1.82, 2.24) is 14.9 Å². The summed E-state index contributed by atoms with van der Waals surface area (Å²) < 4.78 is 6.65. The van der Waals surface area contributed by atoms with Crippen LogP contribution in [0.15, 0.2) is 64.2 Å². The van der Waals surface area contributed by atoms with E-state index in [1.807, 2.05) is 30.3 Å². The fourth-order valence-electron chi connectivity index (χ4n) is 2.46. The van der Waals surface area contributed by atoms with E-state index >= 15 is 0 Å². The Morgan fingerprint density at radius 2 is 1.76 bits per heavy atom. The average molecular weight is 339 g/mol. The summed E-state index contributed by atoms with van der Waals surface area (Å²) in [5.41, 5.74) is -0.497. The topological polar surface area (TPSA) is 93.2 Å². The molecule has 7 heteroatoms. The van der Waals surface area contributed by atoms with Crippen LogP contribution in [0.3, 0.4) is 0 Å². The molecule has 3 aromatic rings. The first-order chi connectivity index (χ1) is 12.1. The Bertz CT molecular complexity index is 992. The quantitative estimate of drug-likeness (QED) is 0.515. The first kappa shape index (κ1) is 16.5. The van der Waals surface area contributed by atoms with E-state index in [1.165, 1.54) is 4.57 Å². The smallest absolute Gasteiger partial charge is 0.317 e. The molecule has 0 fully saturated rings. The van der Waals surface area contributed by atoms with Crippen LogP contribution in [0, 0.1) is 0 Å². The third-order valence-corrected chi connectivity index (χ3v) is 3.62. The Morgan fingerprint density at radius 1 is 1.04 bits per heavy atom. The van der Waals surface area contributed by atoms with Crippen LogP contribution in [0.5, 0.6) is 5.75 Å². The first-order valence-corrected chi connectivity index (χ1v) is 7.81. The van der Waals surface area contributed by atoms with Gasteiger partial charge in [0.25, 0.3) is 0 Å². The summed E-state index contributed by atoms with van der Waals surface area (Å²) in [6.45, 7) is 0.374. The summed E-state index contributed by atoms with van der Waals surface area (Å²) in [6, 6.07) is 16.1. The zero-order chi connectivity index (χ0) is 17.6. The molecule has 0 saturated heterocycles. The molecule has 2 aromatic carbocycles. The zero-order valence-electron chi connectivity index (χ0n) is 13.4. The monoisotopic (exact) mass is 339 g/mol. The molecule has 0 radical (unpaired) electrons. The molecular weight excluding hydrogens is 322 g/mol. The first-order valence-electron chi connectivity index (χ1n) is 7.81. The lowest BCUT2D eigenvalue weighted by Gasteiger charge is -2.10. The number of amides is 1. The van der Waals surface area contributed by atoms with Gasteiger partial charge < -0.3 is 15.0 Å². The van der Waals surface area contributed by atoms with Gasteiger partial charge in [0.15, 0.2) is 0 Å². The largest absolute Gasteiger partial charge is 0.492 e. The Kier molecular flexibility index (Phi) is 4.94. The number of rotatable bonds is 6. The van der Waals surface area contributed by atoms with Gasteiger partial charge in [0.2, 0.25) is 5.91 Å². The predicted molar refractivity (Wildman–Crippen MR) is 93.8 cm³/mol. The van der Waals surface area contributed by atoms with Crippen LogP contribution in [0.4, 0.5) is 0 Å². The number of H-pyrrole nitrogens is 1. The van der Waals surface area contributed by atoms with E-state index in [1.54, 1.807) is 24.3 Å². The summed E-state index contributed by atoms with van der Waals surface area (Å²) in [7, 11) is 0. The van der Waals surface area contributed by atoms with Gasteiger partial charge in [0.05, 0.1) is 17.6 Å². The second-order valence-electron chi connectivity index (χ2n) is 5.37. The van der Waals surface area contributed by atoms with Crippen LogP contribution < -0.4 is 21.2 Å². The van der Waals surface area contributed by atoms with Gasteiger partial charge >= 0.3 is 11.1 Å². The molecule has 2 N–H and O–H groups in total. The van der Waals surface area contributed by atoms with E-state index in [2.05, 4.69) is 10.3 Å². The van der Waals surface area contributed by atoms with Gasteiger partial charge in [-0.1, -0.05) is 30.3 Å². The van der Waals surface area contributed by atoms with E-state index in [-0.39, 0.29) is 12.5 Å². The molecule has 0 aliphatic rings. The lowest BCUT2D eigenvalue weighted by atomic mass is 10.3. The number of fused-ring (bicyclic) bond motifs is 1. The number of benzene rings is 2. The number of ether oxygens (including phenoxy) is 1. The highest BCUT2D eigenvalue weighted by atomic mass is 16.5. The van der Waals surface area contributed by atoms with Crippen molar-refractivity contribution in [3.8, 4) is 5.75 Å². The number of aromatic nitrogens is 2. The minimum absolute atomic E-state index is 0.228. The van der Waals surface area contributed by atoms with E-state index in [0.29, 0.717) is 29.9 Å².